The summed E-state index contributed by atoms with van der Waals surface area (Å²) in [6.45, 7) is 3.70. The van der Waals surface area contributed by atoms with Gasteiger partial charge in [0.25, 0.3) is 0 Å². The number of aromatic nitrogens is 5. The van der Waals surface area contributed by atoms with E-state index in [-0.39, 0.29) is 29.1 Å². The predicted octanol–water partition coefficient (Wildman–Crippen LogP) is 4.99. The van der Waals surface area contributed by atoms with Crippen molar-refractivity contribution < 1.29 is 9.18 Å². The summed E-state index contributed by atoms with van der Waals surface area (Å²) >= 11 is 1.31. The fourth-order valence-corrected chi connectivity index (χ4v) is 6.48. The molecule has 0 saturated heterocycles. The number of allylic oxidation sites excluding steroid dienone is 1. The van der Waals surface area contributed by atoms with Gasteiger partial charge in [-0.1, -0.05) is 11.8 Å². The van der Waals surface area contributed by atoms with Gasteiger partial charge in [-0.25, -0.2) is 14.1 Å². The Bertz CT molecular complexity index is 1360. The zero-order valence-corrected chi connectivity index (χ0v) is 21.4. The van der Waals surface area contributed by atoms with Crippen LogP contribution in [0.5, 0.6) is 0 Å². The lowest BCUT2D eigenvalue weighted by atomic mass is 9.90. The molecule has 2 aliphatic rings. The Morgan fingerprint density at radius 1 is 1.25 bits per heavy atom. The minimum Gasteiger partial charge on any atom is -0.343 e. The molecule has 4 heterocycles. The van der Waals surface area contributed by atoms with E-state index in [9.17, 15) is 14.4 Å². The van der Waals surface area contributed by atoms with E-state index in [2.05, 4.69) is 27.8 Å². The van der Waals surface area contributed by atoms with Crippen LogP contribution in [0.2, 0.25) is 0 Å². The molecular weight excluding hydrogens is 477 g/mol. The maximum absolute atomic E-state index is 14.4. The van der Waals surface area contributed by atoms with Crippen LogP contribution in [0.1, 0.15) is 72.8 Å². The summed E-state index contributed by atoms with van der Waals surface area (Å²) in [7, 11) is 1.88. The molecule has 36 heavy (non-hydrogen) atoms. The molecule has 1 aliphatic heterocycles. The minimum absolute atomic E-state index is 0.107. The Morgan fingerprint density at radius 3 is 2.72 bits per heavy atom. The Morgan fingerprint density at radius 2 is 2.03 bits per heavy atom. The van der Waals surface area contributed by atoms with Crippen LogP contribution in [0, 0.1) is 24.1 Å². The molecule has 1 aliphatic carbocycles. The largest absolute Gasteiger partial charge is 0.343 e. The van der Waals surface area contributed by atoms with E-state index < -0.39 is 0 Å². The summed E-state index contributed by atoms with van der Waals surface area (Å²) in [4.78, 5) is 17.8. The molecule has 5 rings (SSSR count). The molecule has 0 bridgehead atoms. The summed E-state index contributed by atoms with van der Waals surface area (Å²) in [5.74, 6) is -0.269. The molecule has 3 aromatic rings. The lowest BCUT2D eigenvalue weighted by Gasteiger charge is -2.34. The van der Waals surface area contributed by atoms with Gasteiger partial charge in [0.2, 0.25) is 5.91 Å². The van der Waals surface area contributed by atoms with Crippen molar-refractivity contribution in [2.45, 2.75) is 68.3 Å². The van der Waals surface area contributed by atoms with E-state index >= 15 is 0 Å². The van der Waals surface area contributed by atoms with Crippen molar-refractivity contribution in [2.24, 2.45) is 0 Å². The van der Waals surface area contributed by atoms with E-state index in [4.69, 9.17) is 5.10 Å². The third kappa shape index (κ3) is 4.44. The standard InChI is InChI=1S/C26H28FN7OS/c1-16-22(14-31-34(16)21-8-6-20(7-9-21)32(3)17(2)35)18-11-24(36-26-23(27)5-4-10-29-26)25-19(12-28)13-30-33(25)15-18/h4-5,10,13-15,20-21,24H,6-9,11H2,1-3H3/t20-,21+,24?. The molecule has 0 N–H and O–H groups in total. The van der Waals surface area contributed by atoms with Gasteiger partial charge >= 0.3 is 0 Å². The van der Waals surface area contributed by atoms with E-state index in [1.807, 2.05) is 24.3 Å². The topological polar surface area (TPSA) is 92.6 Å². The summed E-state index contributed by atoms with van der Waals surface area (Å²) in [5.41, 5.74) is 4.39. The van der Waals surface area contributed by atoms with E-state index in [1.165, 1.54) is 17.8 Å². The van der Waals surface area contributed by atoms with E-state index in [1.54, 1.807) is 30.1 Å². The number of thioether (sulfide) groups is 1. The van der Waals surface area contributed by atoms with Gasteiger partial charge in [-0.2, -0.15) is 15.5 Å². The number of nitriles is 1. The number of hydrogen-bond donors (Lipinski definition) is 0. The van der Waals surface area contributed by atoms with Crippen LogP contribution in [0.25, 0.3) is 11.8 Å². The molecule has 0 radical (unpaired) electrons. The van der Waals surface area contributed by atoms with Crippen LogP contribution < -0.4 is 0 Å². The van der Waals surface area contributed by atoms with Crippen molar-refractivity contribution in [3.63, 3.8) is 0 Å². The van der Waals surface area contributed by atoms with Gasteiger partial charge in [-0.3, -0.25) is 9.48 Å². The van der Waals surface area contributed by atoms with Crippen molar-refractivity contribution >= 4 is 29.4 Å². The number of halogens is 1. The van der Waals surface area contributed by atoms with E-state index in [0.717, 1.165) is 48.2 Å². The Balaban J connectivity index is 1.41. The third-order valence-electron chi connectivity index (χ3n) is 7.37. The van der Waals surface area contributed by atoms with Gasteiger partial charge < -0.3 is 4.90 Å². The number of carbonyl (C=O) groups is 1. The van der Waals surface area contributed by atoms with Gasteiger partial charge in [-0.15, -0.1) is 0 Å². The number of nitrogens with zero attached hydrogens (tertiary/aromatic N) is 7. The average Bonchev–Trinajstić information content (AvgIpc) is 3.48. The van der Waals surface area contributed by atoms with Gasteiger partial charge in [0.1, 0.15) is 11.1 Å². The first-order chi connectivity index (χ1) is 17.4. The minimum atomic E-state index is -0.377. The smallest absolute Gasteiger partial charge is 0.219 e. The van der Waals surface area contributed by atoms with Gasteiger partial charge in [-0.05, 0) is 56.7 Å². The highest BCUT2D eigenvalue weighted by Crippen LogP contribution is 2.46. The Hall–Kier alpha value is -3.45. The van der Waals surface area contributed by atoms with Crippen LogP contribution in [0.4, 0.5) is 4.39 Å². The first kappa shape index (κ1) is 24.3. The molecule has 1 atom stereocenters. The molecule has 1 saturated carbocycles. The van der Waals surface area contributed by atoms with Crippen LogP contribution in [-0.2, 0) is 4.79 Å². The maximum Gasteiger partial charge on any atom is 0.219 e. The lowest BCUT2D eigenvalue weighted by molar-refractivity contribution is -0.130. The number of amides is 1. The van der Waals surface area contributed by atoms with Crippen molar-refractivity contribution in [1.82, 2.24) is 29.4 Å². The van der Waals surface area contributed by atoms with Crippen LogP contribution in [0.15, 0.2) is 35.7 Å². The third-order valence-corrected chi connectivity index (χ3v) is 8.57. The Kier molecular flexibility index (Phi) is 6.67. The molecule has 1 amide bonds. The Labute approximate surface area is 213 Å². The summed E-state index contributed by atoms with van der Waals surface area (Å²) in [6.07, 6.45) is 11.4. The molecule has 1 unspecified atom stereocenters. The zero-order valence-electron chi connectivity index (χ0n) is 20.6. The van der Waals surface area contributed by atoms with E-state index in [0.29, 0.717) is 17.0 Å². The molecule has 3 aromatic heterocycles. The number of carbonyl (C=O) groups excluding carboxylic acids is 1. The van der Waals surface area contributed by atoms with Crippen LogP contribution in [-0.4, -0.2) is 48.4 Å². The SMILES string of the molecule is CC(=O)N(C)[C@H]1CC[C@@H](n2ncc(C3=Cn4ncc(C#N)c4C(Sc4ncccc4F)C3)c2C)CC1. The summed E-state index contributed by atoms with van der Waals surface area (Å²) in [5, 5.41) is 18.9. The first-order valence-corrected chi connectivity index (χ1v) is 13.0. The maximum atomic E-state index is 14.4. The predicted molar refractivity (Wildman–Crippen MR) is 135 cm³/mol. The van der Waals surface area contributed by atoms with Gasteiger partial charge in [0, 0.05) is 43.7 Å². The van der Waals surface area contributed by atoms with Crippen molar-refractivity contribution in [3.8, 4) is 6.07 Å². The second kappa shape index (κ2) is 9.90. The second-order valence-electron chi connectivity index (χ2n) is 9.44. The lowest BCUT2D eigenvalue weighted by Crippen LogP contribution is -2.38. The number of hydrogen-bond acceptors (Lipinski definition) is 6. The quantitative estimate of drug-likeness (QED) is 0.485. The van der Waals surface area contributed by atoms with Crippen LogP contribution >= 0.6 is 11.8 Å². The van der Waals surface area contributed by atoms with Crippen molar-refractivity contribution in [2.75, 3.05) is 7.05 Å². The second-order valence-corrected chi connectivity index (χ2v) is 10.6. The van der Waals surface area contributed by atoms with Crippen molar-refractivity contribution in [1.29, 1.82) is 5.26 Å². The first-order valence-electron chi connectivity index (χ1n) is 12.1. The number of fused-ring (bicyclic) bond motifs is 1. The molecule has 0 spiro atoms. The van der Waals surface area contributed by atoms with Crippen LogP contribution in [0.3, 0.4) is 0 Å². The summed E-state index contributed by atoms with van der Waals surface area (Å²) in [6, 6.07) is 5.76. The fraction of sp³-hybridized carbons (Fsp3) is 0.423. The van der Waals surface area contributed by atoms with Crippen molar-refractivity contribution in [3.05, 3.63) is 59.1 Å². The normalized spacial score (nSPS) is 21.4. The summed E-state index contributed by atoms with van der Waals surface area (Å²) < 4.78 is 18.3. The number of rotatable bonds is 5. The van der Waals surface area contributed by atoms with Gasteiger partial charge in [0.05, 0.1) is 34.9 Å². The molecule has 186 valence electrons. The highest BCUT2D eigenvalue weighted by Gasteiger charge is 2.32. The fourth-order valence-electron chi connectivity index (χ4n) is 5.30. The zero-order chi connectivity index (χ0) is 25.4. The molecule has 0 aromatic carbocycles. The van der Waals surface area contributed by atoms with Gasteiger partial charge in [0.15, 0.2) is 5.82 Å². The highest BCUT2D eigenvalue weighted by molar-refractivity contribution is 7.99. The average molecular weight is 506 g/mol. The molecule has 10 heteroatoms. The highest BCUT2D eigenvalue weighted by atomic mass is 32.2. The monoisotopic (exact) mass is 505 g/mol. The molecule has 8 nitrogen and oxygen atoms in total. The number of pyridine rings is 1. The molecule has 1 fully saturated rings. The molecular formula is C26H28FN7OS.